The molecule has 0 aliphatic heterocycles. The predicted molar refractivity (Wildman–Crippen MR) is 66.5 cm³/mol. The summed E-state index contributed by atoms with van der Waals surface area (Å²) in [6, 6.07) is 0. The van der Waals surface area contributed by atoms with Gasteiger partial charge in [0.1, 0.15) is 0 Å². The maximum Gasteiger partial charge on any atom is 0.0653 e. The van der Waals surface area contributed by atoms with Crippen molar-refractivity contribution in [1.82, 2.24) is 0 Å². The Kier molecular flexibility index (Phi) is 3.30. The number of aliphatic hydroxyl groups is 3. The van der Waals surface area contributed by atoms with Crippen molar-refractivity contribution in [2.75, 3.05) is 0 Å². The largest absolute Gasteiger partial charge is 0.393 e. The molecule has 17 heavy (non-hydrogen) atoms. The summed E-state index contributed by atoms with van der Waals surface area (Å²) in [6.07, 6.45) is 3.79. The molecule has 0 spiro atoms. The molecule has 0 heterocycles. The van der Waals surface area contributed by atoms with E-state index in [-0.39, 0.29) is 17.3 Å². The van der Waals surface area contributed by atoms with Gasteiger partial charge in [0, 0.05) is 11.8 Å². The lowest BCUT2D eigenvalue weighted by Crippen LogP contribution is -2.56. The topological polar surface area (TPSA) is 60.7 Å². The fourth-order valence-corrected chi connectivity index (χ4v) is 4.13. The molecular weight excluding hydrogens is 216 g/mol. The minimum absolute atomic E-state index is 0.0544. The van der Waals surface area contributed by atoms with Crippen molar-refractivity contribution < 1.29 is 15.3 Å². The van der Waals surface area contributed by atoms with Crippen LogP contribution in [-0.2, 0) is 0 Å². The maximum atomic E-state index is 10.5. The normalized spacial score (nSPS) is 47.6. The molecule has 2 aliphatic rings. The summed E-state index contributed by atoms with van der Waals surface area (Å²) in [6.45, 7) is 5.71. The molecular formula is C14H26O3. The molecule has 0 aromatic rings. The Bertz CT molecular complexity index is 284. The number of hydrogen-bond donors (Lipinski definition) is 3. The molecule has 5 unspecified atom stereocenters. The van der Waals surface area contributed by atoms with Gasteiger partial charge < -0.3 is 15.3 Å². The third-order valence-electron chi connectivity index (χ3n) is 5.18. The second kappa shape index (κ2) is 4.22. The van der Waals surface area contributed by atoms with Crippen LogP contribution < -0.4 is 0 Å². The van der Waals surface area contributed by atoms with Crippen molar-refractivity contribution in [2.45, 2.75) is 70.7 Å². The Balaban J connectivity index is 2.24. The van der Waals surface area contributed by atoms with E-state index in [1.54, 1.807) is 13.8 Å². The Hall–Kier alpha value is -0.120. The summed E-state index contributed by atoms with van der Waals surface area (Å²) in [7, 11) is 0. The first-order valence-corrected chi connectivity index (χ1v) is 6.84. The van der Waals surface area contributed by atoms with Crippen molar-refractivity contribution in [3.05, 3.63) is 0 Å². The molecule has 100 valence electrons. The number of hydrogen-bond acceptors (Lipinski definition) is 3. The summed E-state index contributed by atoms with van der Waals surface area (Å²) in [5.41, 5.74) is -0.809. The fourth-order valence-electron chi connectivity index (χ4n) is 4.13. The quantitative estimate of drug-likeness (QED) is 0.656. The zero-order valence-electron chi connectivity index (χ0n) is 11.2. The highest BCUT2D eigenvalue weighted by molar-refractivity contribution is 5.03. The highest BCUT2D eigenvalue weighted by atomic mass is 16.3. The van der Waals surface area contributed by atoms with E-state index in [0.717, 1.165) is 32.1 Å². The zero-order chi connectivity index (χ0) is 12.8. The van der Waals surface area contributed by atoms with Gasteiger partial charge >= 0.3 is 0 Å². The molecule has 2 rings (SSSR count). The Labute approximate surface area is 104 Å². The SMILES string of the molecule is CC(C)(O)C1CCC2(C)CCCC(O)C2C1O. The maximum absolute atomic E-state index is 10.5. The monoisotopic (exact) mass is 242 g/mol. The molecule has 0 amide bonds. The molecule has 2 aliphatic carbocycles. The number of aliphatic hydroxyl groups excluding tert-OH is 2. The third kappa shape index (κ3) is 2.25. The molecule has 0 saturated heterocycles. The van der Waals surface area contributed by atoms with Crippen LogP contribution in [0.3, 0.4) is 0 Å². The molecule has 2 fully saturated rings. The predicted octanol–water partition coefficient (Wildman–Crippen LogP) is 1.70. The van der Waals surface area contributed by atoms with Gasteiger partial charge in [-0.05, 0) is 44.9 Å². The minimum atomic E-state index is -0.863. The van der Waals surface area contributed by atoms with Crippen molar-refractivity contribution in [3.8, 4) is 0 Å². The number of fused-ring (bicyclic) bond motifs is 1. The van der Waals surface area contributed by atoms with E-state index in [1.807, 2.05) is 0 Å². The van der Waals surface area contributed by atoms with Gasteiger partial charge in [-0.2, -0.15) is 0 Å². The van der Waals surface area contributed by atoms with Crippen molar-refractivity contribution in [2.24, 2.45) is 17.3 Å². The lowest BCUT2D eigenvalue weighted by Gasteiger charge is -2.54. The van der Waals surface area contributed by atoms with Crippen LogP contribution in [0.25, 0.3) is 0 Å². The molecule has 3 heteroatoms. The third-order valence-corrected chi connectivity index (χ3v) is 5.18. The summed E-state index contributed by atoms with van der Waals surface area (Å²) >= 11 is 0. The van der Waals surface area contributed by atoms with Crippen LogP contribution >= 0.6 is 0 Å². The second-order valence-electron chi connectivity index (χ2n) is 6.93. The molecule has 0 aromatic heterocycles. The van der Waals surface area contributed by atoms with Crippen molar-refractivity contribution >= 4 is 0 Å². The first-order chi connectivity index (χ1) is 7.76. The van der Waals surface area contributed by atoms with E-state index < -0.39 is 17.8 Å². The van der Waals surface area contributed by atoms with Gasteiger partial charge in [-0.25, -0.2) is 0 Å². The van der Waals surface area contributed by atoms with Gasteiger partial charge in [0.2, 0.25) is 0 Å². The van der Waals surface area contributed by atoms with Gasteiger partial charge in [0.05, 0.1) is 17.8 Å². The molecule has 3 N–H and O–H groups in total. The first kappa shape index (κ1) is 13.3. The molecule has 3 nitrogen and oxygen atoms in total. The minimum Gasteiger partial charge on any atom is -0.393 e. The summed E-state index contributed by atoms with van der Waals surface area (Å²) in [4.78, 5) is 0. The Morgan fingerprint density at radius 1 is 1.12 bits per heavy atom. The standard InChI is InChI=1S/C14H26O3/c1-13(2,17)9-6-8-14(3)7-4-5-10(15)11(14)12(9)16/h9-12,15-17H,4-8H2,1-3H3. The van der Waals surface area contributed by atoms with E-state index in [1.165, 1.54) is 0 Å². The lowest BCUT2D eigenvalue weighted by atomic mass is 9.54. The summed E-state index contributed by atoms with van der Waals surface area (Å²) in [5.74, 6) is -0.185. The lowest BCUT2D eigenvalue weighted by molar-refractivity contribution is -0.169. The first-order valence-electron chi connectivity index (χ1n) is 6.84. The Morgan fingerprint density at radius 2 is 1.76 bits per heavy atom. The summed E-state index contributed by atoms with van der Waals surface area (Å²) in [5, 5.41) is 30.8. The summed E-state index contributed by atoms with van der Waals surface area (Å²) < 4.78 is 0. The molecule has 0 aromatic carbocycles. The van der Waals surface area contributed by atoms with Gasteiger partial charge in [0.25, 0.3) is 0 Å². The van der Waals surface area contributed by atoms with E-state index in [4.69, 9.17) is 0 Å². The van der Waals surface area contributed by atoms with Crippen LogP contribution in [0.15, 0.2) is 0 Å². The van der Waals surface area contributed by atoms with Crippen LogP contribution in [0, 0.1) is 17.3 Å². The number of rotatable bonds is 1. The van der Waals surface area contributed by atoms with E-state index >= 15 is 0 Å². The second-order valence-corrected chi connectivity index (χ2v) is 6.93. The van der Waals surface area contributed by atoms with Crippen molar-refractivity contribution in [3.63, 3.8) is 0 Å². The Morgan fingerprint density at radius 3 is 2.35 bits per heavy atom. The van der Waals surface area contributed by atoms with Gasteiger partial charge in [0.15, 0.2) is 0 Å². The van der Waals surface area contributed by atoms with E-state index in [9.17, 15) is 15.3 Å². The van der Waals surface area contributed by atoms with Gasteiger partial charge in [-0.1, -0.05) is 13.3 Å². The van der Waals surface area contributed by atoms with Crippen LogP contribution in [-0.4, -0.2) is 33.1 Å². The molecule has 5 atom stereocenters. The highest BCUT2D eigenvalue weighted by Crippen LogP contribution is 2.53. The molecule has 0 radical (unpaired) electrons. The average molecular weight is 242 g/mol. The van der Waals surface area contributed by atoms with Crippen LogP contribution in [0.2, 0.25) is 0 Å². The van der Waals surface area contributed by atoms with Crippen LogP contribution in [0.5, 0.6) is 0 Å². The van der Waals surface area contributed by atoms with Crippen LogP contribution in [0.4, 0.5) is 0 Å². The molecule has 0 bridgehead atoms. The zero-order valence-corrected chi connectivity index (χ0v) is 11.2. The van der Waals surface area contributed by atoms with Crippen LogP contribution in [0.1, 0.15) is 52.9 Å². The van der Waals surface area contributed by atoms with Crippen molar-refractivity contribution in [1.29, 1.82) is 0 Å². The highest BCUT2D eigenvalue weighted by Gasteiger charge is 2.53. The van der Waals surface area contributed by atoms with Gasteiger partial charge in [-0.3, -0.25) is 0 Å². The fraction of sp³-hybridized carbons (Fsp3) is 1.00. The molecule has 2 saturated carbocycles. The van der Waals surface area contributed by atoms with E-state index in [2.05, 4.69) is 6.92 Å². The van der Waals surface area contributed by atoms with E-state index in [0.29, 0.717) is 0 Å². The average Bonchev–Trinajstić information content (AvgIpc) is 2.14. The smallest absolute Gasteiger partial charge is 0.0653 e. The van der Waals surface area contributed by atoms with Gasteiger partial charge in [-0.15, -0.1) is 0 Å².